The first-order valence-corrected chi connectivity index (χ1v) is 7.11. The van der Waals surface area contributed by atoms with Crippen molar-refractivity contribution in [1.82, 2.24) is 9.97 Å². The maximum atomic E-state index is 13.0. The van der Waals surface area contributed by atoms with E-state index in [1.165, 1.54) is 12.1 Å². The predicted molar refractivity (Wildman–Crippen MR) is 82.8 cm³/mol. The summed E-state index contributed by atoms with van der Waals surface area (Å²) in [4.78, 5) is 8.56. The van der Waals surface area contributed by atoms with Gasteiger partial charge < -0.3 is 5.73 Å². The Bertz CT molecular complexity index is 844. The van der Waals surface area contributed by atoms with Crippen LogP contribution in [0.3, 0.4) is 0 Å². The summed E-state index contributed by atoms with van der Waals surface area (Å²) in [6.45, 7) is 0. The van der Waals surface area contributed by atoms with Crippen LogP contribution in [0.15, 0.2) is 48.5 Å². The molecule has 0 saturated heterocycles. The number of fused-ring (bicyclic) bond motifs is 1. The fourth-order valence-corrected chi connectivity index (χ4v) is 2.52. The molecule has 0 bridgehead atoms. The quantitative estimate of drug-likeness (QED) is 0.794. The Morgan fingerprint density at radius 2 is 1.57 bits per heavy atom. The summed E-state index contributed by atoms with van der Waals surface area (Å²) in [6, 6.07) is 12.8. The van der Waals surface area contributed by atoms with Gasteiger partial charge in [0.1, 0.15) is 11.6 Å². The predicted octanol–water partition coefficient (Wildman–Crippen LogP) is 4.02. The van der Waals surface area contributed by atoms with E-state index in [1.807, 2.05) is 18.2 Å². The van der Waals surface area contributed by atoms with Crippen molar-refractivity contribution in [3.63, 3.8) is 0 Å². The first kappa shape index (κ1) is 15.3. The van der Waals surface area contributed by atoms with Crippen LogP contribution in [0.4, 0.5) is 19.0 Å². The van der Waals surface area contributed by atoms with Gasteiger partial charge in [0.2, 0.25) is 0 Å². The lowest BCUT2D eigenvalue weighted by Crippen LogP contribution is -2.10. The molecule has 0 aliphatic rings. The third-order valence-corrected chi connectivity index (χ3v) is 3.62. The van der Waals surface area contributed by atoms with Gasteiger partial charge in [-0.15, -0.1) is 0 Å². The van der Waals surface area contributed by atoms with Crippen molar-refractivity contribution in [1.29, 1.82) is 0 Å². The Morgan fingerprint density at radius 3 is 2.35 bits per heavy atom. The highest BCUT2D eigenvalue weighted by atomic mass is 19.4. The lowest BCUT2D eigenvalue weighted by atomic mass is 10.0. The average molecular weight is 317 g/mol. The van der Waals surface area contributed by atoms with Crippen molar-refractivity contribution >= 4 is 16.7 Å². The first-order chi connectivity index (χ1) is 10.9. The lowest BCUT2D eigenvalue weighted by molar-refractivity contribution is -0.138. The van der Waals surface area contributed by atoms with Crippen LogP contribution in [-0.2, 0) is 19.0 Å². The molecule has 0 saturated carbocycles. The summed E-state index contributed by atoms with van der Waals surface area (Å²) < 4.78 is 39.0. The van der Waals surface area contributed by atoms with E-state index < -0.39 is 11.7 Å². The number of nitrogens with two attached hydrogens (primary N) is 1. The van der Waals surface area contributed by atoms with Gasteiger partial charge in [-0.2, -0.15) is 13.2 Å². The van der Waals surface area contributed by atoms with Crippen molar-refractivity contribution in [3.05, 3.63) is 65.5 Å². The zero-order chi connectivity index (χ0) is 16.4. The van der Waals surface area contributed by atoms with Crippen molar-refractivity contribution in [2.24, 2.45) is 0 Å². The van der Waals surface area contributed by atoms with Crippen LogP contribution < -0.4 is 5.73 Å². The van der Waals surface area contributed by atoms with E-state index in [-0.39, 0.29) is 12.0 Å². The molecule has 0 fully saturated rings. The molecule has 0 aliphatic heterocycles. The van der Waals surface area contributed by atoms with Gasteiger partial charge in [-0.3, -0.25) is 0 Å². The van der Waals surface area contributed by atoms with Gasteiger partial charge in [0.25, 0.3) is 0 Å². The molecule has 0 radical (unpaired) electrons. The lowest BCUT2D eigenvalue weighted by Gasteiger charge is -2.12. The maximum absolute atomic E-state index is 13.0. The smallest absolute Gasteiger partial charge is 0.383 e. The number of alkyl halides is 3. The number of para-hydroxylation sites is 1. The van der Waals surface area contributed by atoms with Crippen LogP contribution in [0.5, 0.6) is 0 Å². The van der Waals surface area contributed by atoms with Gasteiger partial charge in [-0.05, 0) is 30.2 Å². The minimum Gasteiger partial charge on any atom is -0.383 e. The second-order valence-electron chi connectivity index (χ2n) is 5.20. The van der Waals surface area contributed by atoms with Gasteiger partial charge in [-0.25, -0.2) is 9.97 Å². The standard InChI is InChI=1S/C17H14F3N3/c18-17(19,20)13-7-3-1-5-11(13)9-10-15-22-14-8-4-2-6-12(14)16(21)23-15/h1-8H,9-10H2,(H2,21,22,23). The highest BCUT2D eigenvalue weighted by Gasteiger charge is 2.32. The molecule has 1 aromatic heterocycles. The van der Waals surface area contributed by atoms with Crippen LogP contribution in [-0.4, -0.2) is 9.97 Å². The Hall–Kier alpha value is -2.63. The monoisotopic (exact) mass is 317 g/mol. The molecule has 0 amide bonds. The number of anilines is 1. The highest BCUT2D eigenvalue weighted by molar-refractivity contribution is 5.87. The van der Waals surface area contributed by atoms with Gasteiger partial charge >= 0.3 is 6.18 Å². The van der Waals surface area contributed by atoms with Crippen molar-refractivity contribution in [2.75, 3.05) is 5.73 Å². The van der Waals surface area contributed by atoms with Gasteiger partial charge in [-0.1, -0.05) is 30.3 Å². The largest absolute Gasteiger partial charge is 0.416 e. The average Bonchev–Trinajstić information content (AvgIpc) is 2.52. The van der Waals surface area contributed by atoms with E-state index in [0.717, 1.165) is 11.5 Å². The molecule has 3 aromatic rings. The first-order valence-electron chi connectivity index (χ1n) is 7.11. The molecule has 3 rings (SSSR count). The SMILES string of the molecule is Nc1nc(CCc2ccccc2C(F)(F)F)nc2ccccc12. The minimum atomic E-state index is -4.36. The number of benzene rings is 2. The molecule has 0 unspecified atom stereocenters. The topological polar surface area (TPSA) is 51.8 Å². The molecule has 0 aliphatic carbocycles. The summed E-state index contributed by atoms with van der Waals surface area (Å²) >= 11 is 0. The number of rotatable bonds is 3. The zero-order valence-electron chi connectivity index (χ0n) is 12.1. The number of hydrogen-bond donors (Lipinski definition) is 1. The minimum absolute atomic E-state index is 0.202. The Morgan fingerprint density at radius 1 is 0.870 bits per heavy atom. The normalized spacial score (nSPS) is 11.8. The van der Waals surface area contributed by atoms with Crippen LogP contribution in [0.25, 0.3) is 10.9 Å². The number of halogens is 3. The fraction of sp³-hybridized carbons (Fsp3) is 0.176. The van der Waals surface area contributed by atoms with E-state index >= 15 is 0 Å². The fourth-order valence-electron chi connectivity index (χ4n) is 2.52. The van der Waals surface area contributed by atoms with E-state index in [0.29, 0.717) is 23.6 Å². The number of aromatic nitrogens is 2. The third-order valence-electron chi connectivity index (χ3n) is 3.62. The number of nitrogen functional groups attached to an aromatic ring is 1. The van der Waals surface area contributed by atoms with Crippen molar-refractivity contribution < 1.29 is 13.2 Å². The Balaban J connectivity index is 1.87. The number of aryl methyl sites for hydroxylation is 2. The van der Waals surface area contributed by atoms with Crippen LogP contribution in [0.1, 0.15) is 17.0 Å². The van der Waals surface area contributed by atoms with E-state index in [2.05, 4.69) is 9.97 Å². The molecule has 118 valence electrons. The second kappa shape index (κ2) is 5.87. The molecule has 0 spiro atoms. The van der Waals surface area contributed by atoms with Gasteiger partial charge in [0.05, 0.1) is 11.1 Å². The molecular formula is C17H14F3N3. The Kier molecular flexibility index (Phi) is 3.90. The molecule has 23 heavy (non-hydrogen) atoms. The van der Waals surface area contributed by atoms with Crippen LogP contribution >= 0.6 is 0 Å². The molecule has 2 N–H and O–H groups in total. The van der Waals surface area contributed by atoms with E-state index in [4.69, 9.17) is 5.73 Å². The molecule has 1 heterocycles. The highest BCUT2D eigenvalue weighted by Crippen LogP contribution is 2.32. The summed E-state index contributed by atoms with van der Waals surface area (Å²) in [5.41, 5.74) is 6.20. The molecule has 6 heteroatoms. The third kappa shape index (κ3) is 3.26. The summed E-state index contributed by atoms with van der Waals surface area (Å²) in [7, 11) is 0. The second-order valence-corrected chi connectivity index (χ2v) is 5.20. The molecule has 2 aromatic carbocycles. The van der Waals surface area contributed by atoms with E-state index in [1.54, 1.807) is 12.1 Å². The zero-order valence-corrected chi connectivity index (χ0v) is 12.1. The van der Waals surface area contributed by atoms with Crippen LogP contribution in [0, 0.1) is 0 Å². The maximum Gasteiger partial charge on any atom is 0.416 e. The van der Waals surface area contributed by atoms with Crippen LogP contribution in [0.2, 0.25) is 0 Å². The summed E-state index contributed by atoms with van der Waals surface area (Å²) in [6.07, 6.45) is -3.87. The van der Waals surface area contributed by atoms with Gasteiger partial charge in [0, 0.05) is 11.8 Å². The van der Waals surface area contributed by atoms with Gasteiger partial charge in [0.15, 0.2) is 0 Å². The summed E-state index contributed by atoms with van der Waals surface area (Å²) in [5, 5.41) is 0.743. The number of nitrogens with zero attached hydrogens (tertiary/aromatic N) is 2. The summed E-state index contributed by atoms with van der Waals surface area (Å²) in [5.74, 6) is 0.785. The van der Waals surface area contributed by atoms with Crippen molar-refractivity contribution in [3.8, 4) is 0 Å². The molecule has 3 nitrogen and oxygen atoms in total. The van der Waals surface area contributed by atoms with E-state index in [9.17, 15) is 13.2 Å². The number of hydrogen-bond acceptors (Lipinski definition) is 3. The molecular weight excluding hydrogens is 303 g/mol. The van der Waals surface area contributed by atoms with Crippen molar-refractivity contribution in [2.45, 2.75) is 19.0 Å². The Labute approximate surface area is 131 Å². The molecule has 0 atom stereocenters.